The zero-order valence-corrected chi connectivity index (χ0v) is 19.6. The summed E-state index contributed by atoms with van der Waals surface area (Å²) >= 11 is 7.81. The maximum atomic E-state index is 6.29. The number of fused-ring (bicyclic) bond motifs is 1. The SMILES string of the molecule is COc1ccccc1CN1CCC(Nc2ncnc3sc(Cl)c(C)c23)CC1.Cl.Cl. The molecule has 0 atom stereocenters. The summed E-state index contributed by atoms with van der Waals surface area (Å²) in [4.78, 5) is 12.3. The van der Waals surface area contributed by atoms with Gasteiger partial charge < -0.3 is 10.1 Å². The number of hydrogen-bond acceptors (Lipinski definition) is 6. The molecule has 3 heterocycles. The number of piperidine rings is 1. The molecule has 0 bridgehead atoms. The van der Waals surface area contributed by atoms with E-state index in [1.807, 2.05) is 19.1 Å². The van der Waals surface area contributed by atoms with Crippen molar-refractivity contribution in [3.8, 4) is 5.75 Å². The molecule has 4 rings (SSSR count). The van der Waals surface area contributed by atoms with Crippen LogP contribution in [-0.4, -0.2) is 41.1 Å². The molecule has 9 heteroatoms. The Kier molecular flexibility index (Phi) is 8.79. The number of nitrogens with zero attached hydrogens (tertiary/aromatic N) is 3. The summed E-state index contributed by atoms with van der Waals surface area (Å²) in [6, 6.07) is 8.66. The van der Waals surface area contributed by atoms with Crippen LogP contribution < -0.4 is 10.1 Å². The van der Waals surface area contributed by atoms with Gasteiger partial charge in [-0.3, -0.25) is 4.90 Å². The van der Waals surface area contributed by atoms with Crippen LogP contribution in [0.25, 0.3) is 10.2 Å². The number of anilines is 1. The van der Waals surface area contributed by atoms with Crippen molar-refractivity contribution in [2.45, 2.75) is 32.4 Å². The Hall–Kier alpha value is -1.31. The van der Waals surface area contributed by atoms with E-state index in [1.54, 1.807) is 13.4 Å². The molecular weight excluding hydrogens is 451 g/mol. The topological polar surface area (TPSA) is 50.3 Å². The largest absolute Gasteiger partial charge is 0.496 e. The number of thiophene rings is 1. The van der Waals surface area contributed by atoms with Gasteiger partial charge in [-0.1, -0.05) is 29.8 Å². The average molecular weight is 476 g/mol. The number of nitrogens with one attached hydrogen (secondary N) is 1. The molecule has 0 unspecified atom stereocenters. The Bertz CT molecular complexity index is 945. The van der Waals surface area contributed by atoms with E-state index in [0.717, 1.165) is 64.2 Å². The van der Waals surface area contributed by atoms with Crippen molar-refractivity contribution in [3.05, 3.63) is 46.1 Å². The number of hydrogen-bond donors (Lipinski definition) is 1. The first kappa shape index (κ1) is 24.0. The molecule has 29 heavy (non-hydrogen) atoms. The number of methoxy groups -OCH3 is 1. The Labute approximate surface area is 192 Å². The second kappa shape index (κ2) is 10.6. The fourth-order valence-corrected chi connectivity index (χ4v) is 4.85. The van der Waals surface area contributed by atoms with Crippen LogP contribution in [0.5, 0.6) is 5.75 Å². The predicted octanol–water partition coefficient (Wildman–Crippen LogP) is 5.58. The molecule has 0 saturated carbocycles. The quantitative estimate of drug-likeness (QED) is 0.522. The minimum absolute atomic E-state index is 0. The Morgan fingerprint density at radius 1 is 1.21 bits per heavy atom. The third-order valence-electron chi connectivity index (χ3n) is 5.18. The summed E-state index contributed by atoms with van der Waals surface area (Å²) in [5.41, 5.74) is 2.31. The van der Waals surface area contributed by atoms with E-state index in [4.69, 9.17) is 16.3 Å². The molecule has 1 aliphatic rings. The highest BCUT2D eigenvalue weighted by Crippen LogP contribution is 2.36. The summed E-state index contributed by atoms with van der Waals surface area (Å²) < 4.78 is 6.27. The standard InChI is InChI=1S/C20H23ClN4OS.2ClH/c1-13-17-19(22-12-23-20(17)27-18(13)21)24-15-7-9-25(10-8-15)11-14-5-3-4-6-16(14)26-2;;/h3-6,12,15H,7-11H2,1-2H3,(H,22,23,24);2*1H. The Morgan fingerprint density at radius 3 is 2.66 bits per heavy atom. The lowest BCUT2D eigenvalue weighted by molar-refractivity contribution is 0.209. The average Bonchev–Trinajstić information content (AvgIpc) is 2.99. The molecule has 1 N–H and O–H groups in total. The van der Waals surface area contributed by atoms with Gasteiger partial charge in [-0.15, -0.1) is 36.2 Å². The number of benzene rings is 1. The van der Waals surface area contributed by atoms with Crippen LogP contribution in [0.1, 0.15) is 24.0 Å². The molecule has 2 aromatic heterocycles. The molecule has 158 valence electrons. The van der Waals surface area contributed by atoms with Gasteiger partial charge in [-0.25, -0.2) is 9.97 Å². The molecule has 1 aliphatic heterocycles. The van der Waals surface area contributed by atoms with Crippen LogP contribution in [0.4, 0.5) is 5.82 Å². The number of aromatic nitrogens is 2. The first-order chi connectivity index (χ1) is 13.2. The van der Waals surface area contributed by atoms with Crippen molar-refractivity contribution in [2.24, 2.45) is 0 Å². The summed E-state index contributed by atoms with van der Waals surface area (Å²) in [6.07, 6.45) is 3.78. The van der Waals surface area contributed by atoms with E-state index >= 15 is 0 Å². The summed E-state index contributed by atoms with van der Waals surface area (Å²) in [5.74, 6) is 1.87. The maximum Gasteiger partial charge on any atom is 0.138 e. The highest BCUT2D eigenvalue weighted by Gasteiger charge is 2.22. The highest BCUT2D eigenvalue weighted by atomic mass is 35.5. The predicted molar refractivity (Wildman–Crippen MR) is 127 cm³/mol. The number of para-hydroxylation sites is 1. The zero-order valence-electron chi connectivity index (χ0n) is 16.4. The van der Waals surface area contributed by atoms with Crippen LogP contribution in [-0.2, 0) is 6.54 Å². The van der Waals surface area contributed by atoms with Gasteiger partial charge in [0, 0.05) is 31.2 Å². The summed E-state index contributed by atoms with van der Waals surface area (Å²) in [6.45, 7) is 5.06. The summed E-state index contributed by atoms with van der Waals surface area (Å²) in [7, 11) is 1.73. The van der Waals surface area contributed by atoms with Crippen molar-refractivity contribution >= 4 is 63.8 Å². The van der Waals surface area contributed by atoms with Crippen LogP contribution in [0.3, 0.4) is 0 Å². The zero-order chi connectivity index (χ0) is 18.8. The van der Waals surface area contributed by atoms with E-state index in [0.29, 0.717) is 6.04 Å². The van der Waals surface area contributed by atoms with Gasteiger partial charge in [0.15, 0.2) is 0 Å². The molecule has 5 nitrogen and oxygen atoms in total. The minimum atomic E-state index is 0. The molecule has 0 amide bonds. The lowest BCUT2D eigenvalue weighted by atomic mass is 10.0. The Balaban J connectivity index is 0.00000150. The molecule has 0 spiro atoms. The van der Waals surface area contributed by atoms with Crippen LogP contribution >= 0.6 is 47.8 Å². The third kappa shape index (κ3) is 5.25. The fourth-order valence-electron chi connectivity index (χ4n) is 3.66. The van der Waals surface area contributed by atoms with E-state index in [-0.39, 0.29) is 24.8 Å². The first-order valence-corrected chi connectivity index (χ1v) is 10.4. The second-order valence-electron chi connectivity index (χ2n) is 6.91. The van der Waals surface area contributed by atoms with Gasteiger partial charge >= 0.3 is 0 Å². The molecule has 0 radical (unpaired) electrons. The van der Waals surface area contributed by atoms with Gasteiger partial charge in [0.2, 0.25) is 0 Å². The van der Waals surface area contributed by atoms with Crippen LogP contribution in [0.2, 0.25) is 4.34 Å². The number of rotatable bonds is 5. The van der Waals surface area contributed by atoms with Crippen molar-refractivity contribution in [2.75, 3.05) is 25.5 Å². The lowest BCUT2D eigenvalue weighted by Crippen LogP contribution is -2.38. The normalized spacial score (nSPS) is 14.9. The number of likely N-dealkylation sites (tertiary alicyclic amines) is 1. The van der Waals surface area contributed by atoms with Crippen molar-refractivity contribution in [3.63, 3.8) is 0 Å². The summed E-state index contributed by atoms with van der Waals surface area (Å²) in [5, 5.41) is 4.69. The van der Waals surface area contributed by atoms with Crippen LogP contribution in [0.15, 0.2) is 30.6 Å². The van der Waals surface area contributed by atoms with Gasteiger partial charge in [0.25, 0.3) is 0 Å². The highest BCUT2D eigenvalue weighted by molar-refractivity contribution is 7.22. The van der Waals surface area contributed by atoms with Gasteiger partial charge in [-0.05, 0) is 31.4 Å². The molecule has 1 saturated heterocycles. The number of aryl methyl sites for hydroxylation is 1. The number of halogens is 3. The van der Waals surface area contributed by atoms with Gasteiger partial charge in [-0.2, -0.15) is 0 Å². The van der Waals surface area contributed by atoms with Crippen LogP contribution in [0, 0.1) is 6.92 Å². The van der Waals surface area contributed by atoms with E-state index in [2.05, 4.69) is 32.3 Å². The van der Waals surface area contributed by atoms with Gasteiger partial charge in [0.1, 0.15) is 22.7 Å². The fraction of sp³-hybridized carbons (Fsp3) is 0.400. The smallest absolute Gasteiger partial charge is 0.138 e. The van der Waals surface area contributed by atoms with Crippen molar-refractivity contribution < 1.29 is 4.74 Å². The molecule has 1 fully saturated rings. The molecule has 3 aromatic rings. The second-order valence-corrected chi connectivity index (χ2v) is 8.51. The van der Waals surface area contributed by atoms with Crippen molar-refractivity contribution in [1.29, 1.82) is 0 Å². The first-order valence-electron chi connectivity index (χ1n) is 9.16. The van der Waals surface area contributed by atoms with Crippen molar-refractivity contribution in [1.82, 2.24) is 14.9 Å². The van der Waals surface area contributed by atoms with E-state index in [9.17, 15) is 0 Å². The molecule has 0 aliphatic carbocycles. The monoisotopic (exact) mass is 474 g/mol. The maximum absolute atomic E-state index is 6.29. The lowest BCUT2D eigenvalue weighted by Gasteiger charge is -2.33. The Morgan fingerprint density at radius 2 is 1.93 bits per heavy atom. The van der Waals surface area contributed by atoms with Gasteiger partial charge in [0.05, 0.1) is 16.8 Å². The minimum Gasteiger partial charge on any atom is -0.496 e. The van der Waals surface area contributed by atoms with E-state index < -0.39 is 0 Å². The molecule has 1 aromatic carbocycles. The molecular formula is C20H25Cl3N4OS. The number of ether oxygens (including phenoxy) is 1. The third-order valence-corrected chi connectivity index (χ3v) is 6.69. The van der Waals surface area contributed by atoms with E-state index in [1.165, 1.54) is 16.9 Å².